The van der Waals surface area contributed by atoms with Gasteiger partial charge in [-0.1, -0.05) is 26.7 Å². The molecule has 112 valence electrons. The number of nitrogens with two attached hydrogens (primary N) is 1. The molecule has 1 heterocycles. The Kier molecular flexibility index (Phi) is 4.31. The van der Waals surface area contributed by atoms with Gasteiger partial charge < -0.3 is 5.43 Å². The smallest absolute Gasteiger partial charge is 0.244 e. The van der Waals surface area contributed by atoms with E-state index in [0.29, 0.717) is 5.69 Å². The Hall–Kier alpha value is -1.18. The van der Waals surface area contributed by atoms with Gasteiger partial charge in [0.1, 0.15) is 4.90 Å². The molecule has 1 saturated carbocycles. The van der Waals surface area contributed by atoms with Crippen molar-refractivity contribution in [3.05, 3.63) is 18.5 Å². The molecule has 4 N–H and O–H groups in total. The molecule has 20 heavy (non-hydrogen) atoms. The van der Waals surface area contributed by atoms with Crippen molar-refractivity contribution >= 4 is 15.7 Å². The lowest BCUT2D eigenvalue weighted by molar-refractivity contribution is 0.188. The third-order valence-electron chi connectivity index (χ3n) is 4.03. The first-order valence-electron chi connectivity index (χ1n) is 6.80. The van der Waals surface area contributed by atoms with Crippen LogP contribution in [0.2, 0.25) is 0 Å². The molecule has 0 spiro atoms. The van der Waals surface area contributed by atoms with Crippen molar-refractivity contribution in [1.82, 2.24) is 9.71 Å². The van der Waals surface area contributed by atoms with E-state index < -0.39 is 10.0 Å². The number of hydrazine groups is 1. The van der Waals surface area contributed by atoms with Gasteiger partial charge in [-0.15, -0.1) is 0 Å². The second-order valence-electron chi connectivity index (χ2n) is 5.92. The van der Waals surface area contributed by atoms with Crippen LogP contribution in [0.5, 0.6) is 0 Å². The summed E-state index contributed by atoms with van der Waals surface area (Å²) in [5.41, 5.74) is 2.71. The first kappa shape index (κ1) is 15.2. The molecular formula is C13H22N4O2S. The molecule has 7 heteroatoms. The van der Waals surface area contributed by atoms with Crippen molar-refractivity contribution in [1.29, 1.82) is 0 Å². The standard InChI is InChI=1S/C13H22N4O2S/c1-13(2)7-4-3-5-12(13)17-20(18,19)11-9-15-8-6-10(11)16-14/h6,8-9,12,17H,3-5,7,14H2,1-2H3,(H,15,16). The van der Waals surface area contributed by atoms with Gasteiger partial charge in [0.05, 0.1) is 5.69 Å². The summed E-state index contributed by atoms with van der Waals surface area (Å²) in [6, 6.07) is 1.48. The monoisotopic (exact) mass is 298 g/mol. The molecule has 1 aliphatic carbocycles. The summed E-state index contributed by atoms with van der Waals surface area (Å²) >= 11 is 0. The topological polar surface area (TPSA) is 97.1 Å². The van der Waals surface area contributed by atoms with E-state index in [1.807, 2.05) is 0 Å². The second kappa shape index (κ2) is 5.67. The van der Waals surface area contributed by atoms with E-state index in [1.54, 1.807) is 6.07 Å². The zero-order chi connectivity index (χ0) is 14.8. The third-order valence-corrected chi connectivity index (χ3v) is 5.53. The first-order valence-corrected chi connectivity index (χ1v) is 8.28. The average Bonchev–Trinajstić information content (AvgIpc) is 2.41. The third kappa shape index (κ3) is 3.11. The van der Waals surface area contributed by atoms with Gasteiger partial charge in [0.25, 0.3) is 0 Å². The lowest BCUT2D eigenvalue weighted by Crippen LogP contribution is -2.46. The van der Waals surface area contributed by atoms with Crippen LogP contribution >= 0.6 is 0 Å². The Bertz CT molecular complexity index is 571. The zero-order valence-electron chi connectivity index (χ0n) is 11.9. The van der Waals surface area contributed by atoms with Crippen LogP contribution in [-0.2, 0) is 10.0 Å². The fourth-order valence-corrected chi connectivity index (χ4v) is 4.23. The Morgan fingerprint density at radius 1 is 1.40 bits per heavy atom. The van der Waals surface area contributed by atoms with Crippen LogP contribution in [0.3, 0.4) is 0 Å². The van der Waals surface area contributed by atoms with Crippen molar-refractivity contribution < 1.29 is 8.42 Å². The number of nitrogens with zero attached hydrogens (tertiary/aromatic N) is 1. The summed E-state index contributed by atoms with van der Waals surface area (Å²) in [5, 5.41) is 0. The lowest BCUT2D eigenvalue weighted by atomic mass is 9.74. The second-order valence-corrected chi connectivity index (χ2v) is 7.61. The number of anilines is 1. The highest BCUT2D eigenvalue weighted by Crippen LogP contribution is 2.36. The van der Waals surface area contributed by atoms with E-state index in [4.69, 9.17) is 5.84 Å². The summed E-state index contributed by atoms with van der Waals surface area (Å²) < 4.78 is 27.9. The molecule has 1 unspecified atom stereocenters. The van der Waals surface area contributed by atoms with Crippen LogP contribution in [0.25, 0.3) is 0 Å². The largest absolute Gasteiger partial charge is 0.323 e. The molecule has 0 amide bonds. The van der Waals surface area contributed by atoms with E-state index in [0.717, 1.165) is 25.7 Å². The summed E-state index contributed by atoms with van der Waals surface area (Å²) in [7, 11) is -3.63. The molecule has 0 bridgehead atoms. The number of hydrogen-bond acceptors (Lipinski definition) is 5. The summed E-state index contributed by atoms with van der Waals surface area (Å²) in [4.78, 5) is 3.96. The van der Waals surface area contributed by atoms with Gasteiger partial charge in [0.15, 0.2) is 0 Å². The molecule has 0 aromatic carbocycles. The summed E-state index contributed by atoms with van der Waals surface area (Å²) in [6.07, 6.45) is 6.89. The van der Waals surface area contributed by atoms with Crippen molar-refractivity contribution in [2.45, 2.75) is 50.5 Å². The molecule has 1 fully saturated rings. The highest BCUT2D eigenvalue weighted by atomic mass is 32.2. The Balaban J connectivity index is 2.27. The number of nitrogens with one attached hydrogen (secondary N) is 2. The summed E-state index contributed by atoms with van der Waals surface area (Å²) in [5.74, 6) is 5.36. The Labute approximate surface area is 120 Å². The maximum Gasteiger partial charge on any atom is 0.244 e. The number of sulfonamides is 1. The van der Waals surface area contributed by atoms with Crippen LogP contribution in [-0.4, -0.2) is 19.4 Å². The van der Waals surface area contributed by atoms with Crippen molar-refractivity contribution in [3.63, 3.8) is 0 Å². The molecule has 1 atom stereocenters. The quantitative estimate of drug-likeness (QED) is 0.579. The van der Waals surface area contributed by atoms with Gasteiger partial charge >= 0.3 is 0 Å². The predicted molar refractivity (Wildman–Crippen MR) is 78.4 cm³/mol. The normalized spacial score (nSPS) is 22.4. The number of nitrogen functional groups attached to an aromatic ring is 1. The highest BCUT2D eigenvalue weighted by molar-refractivity contribution is 7.89. The Morgan fingerprint density at radius 2 is 2.15 bits per heavy atom. The van der Waals surface area contributed by atoms with Gasteiger partial charge in [-0.25, -0.2) is 13.1 Å². The zero-order valence-corrected chi connectivity index (χ0v) is 12.7. The highest BCUT2D eigenvalue weighted by Gasteiger charge is 2.35. The van der Waals surface area contributed by atoms with Crippen molar-refractivity contribution in [2.75, 3.05) is 5.43 Å². The van der Waals surface area contributed by atoms with Crippen molar-refractivity contribution in [2.24, 2.45) is 11.3 Å². The maximum atomic E-state index is 12.5. The van der Waals surface area contributed by atoms with Crippen LogP contribution in [0.15, 0.2) is 23.4 Å². The SMILES string of the molecule is CC1(C)CCCCC1NS(=O)(=O)c1cnccc1NN. The van der Waals surface area contributed by atoms with Gasteiger partial charge in [-0.2, -0.15) is 0 Å². The Morgan fingerprint density at radius 3 is 2.80 bits per heavy atom. The molecule has 0 saturated heterocycles. The van der Waals surface area contributed by atoms with E-state index in [1.165, 1.54) is 12.4 Å². The maximum absolute atomic E-state index is 12.5. The van der Waals surface area contributed by atoms with Gasteiger partial charge in [-0.05, 0) is 24.3 Å². The minimum absolute atomic E-state index is 0.0379. The van der Waals surface area contributed by atoms with Gasteiger partial charge in [0, 0.05) is 18.4 Å². The van der Waals surface area contributed by atoms with Gasteiger partial charge in [-0.3, -0.25) is 10.8 Å². The van der Waals surface area contributed by atoms with E-state index in [2.05, 4.69) is 29.0 Å². The number of hydrogen-bond donors (Lipinski definition) is 3. The van der Waals surface area contributed by atoms with Crippen LogP contribution in [0, 0.1) is 5.41 Å². The number of rotatable bonds is 4. The van der Waals surface area contributed by atoms with Crippen LogP contribution in [0.1, 0.15) is 39.5 Å². The fourth-order valence-electron chi connectivity index (χ4n) is 2.68. The molecule has 0 aliphatic heterocycles. The van der Waals surface area contributed by atoms with Gasteiger partial charge in [0.2, 0.25) is 10.0 Å². The van der Waals surface area contributed by atoms with E-state index >= 15 is 0 Å². The minimum Gasteiger partial charge on any atom is -0.323 e. The molecule has 2 rings (SSSR count). The summed E-state index contributed by atoms with van der Waals surface area (Å²) in [6.45, 7) is 4.20. The molecule has 1 aromatic rings. The number of pyridine rings is 1. The minimum atomic E-state index is -3.63. The molecule has 0 radical (unpaired) electrons. The van der Waals surface area contributed by atoms with E-state index in [9.17, 15) is 8.42 Å². The molecule has 1 aromatic heterocycles. The van der Waals surface area contributed by atoms with Crippen LogP contribution in [0.4, 0.5) is 5.69 Å². The molecule has 6 nitrogen and oxygen atoms in total. The number of aromatic nitrogens is 1. The van der Waals surface area contributed by atoms with Crippen molar-refractivity contribution in [3.8, 4) is 0 Å². The average molecular weight is 298 g/mol. The predicted octanol–water partition coefficient (Wildman–Crippen LogP) is 1.61. The first-order chi connectivity index (χ1) is 9.37. The molecular weight excluding hydrogens is 276 g/mol. The van der Waals surface area contributed by atoms with E-state index in [-0.39, 0.29) is 16.4 Å². The molecule has 1 aliphatic rings. The van der Waals surface area contributed by atoms with Crippen LogP contribution < -0.4 is 16.0 Å². The lowest BCUT2D eigenvalue weighted by Gasteiger charge is -2.38. The fraction of sp³-hybridized carbons (Fsp3) is 0.615.